The Morgan fingerprint density at radius 2 is 2.00 bits per heavy atom. The Kier molecular flexibility index (Phi) is 5.35. The topological polar surface area (TPSA) is 57.6 Å². The van der Waals surface area contributed by atoms with Crippen LogP contribution in [0.3, 0.4) is 0 Å². The van der Waals surface area contributed by atoms with Crippen LogP contribution in [-0.4, -0.2) is 30.9 Å². The third-order valence-corrected chi connectivity index (χ3v) is 5.98. The molecule has 0 aromatic heterocycles. The van der Waals surface area contributed by atoms with Crippen molar-refractivity contribution in [2.75, 3.05) is 13.1 Å². The monoisotopic (exact) mass is 315 g/mol. The summed E-state index contributed by atoms with van der Waals surface area (Å²) in [6.07, 6.45) is 3.87. The van der Waals surface area contributed by atoms with Gasteiger partial charge < -0.3 is 5.11 Å². The fourth-order valence-corrected chi connectivity index (χ4v) is 4.41. The molecule has 118 valence electrons. The SMILES string of the molecule is CCCC1CCN(S(=O)(=O)c2cc(CO)ccc2F)CC1. The molecule has 0 spiro atoms. The van der Waals surface area contributed by atoms with Crippen molar-refractivity contribution in [1.82, 2.24) is 4.31 Å². The van der Waals surface area contributed by atoms with Crippen molar-refractivity contribution in [3.8, 4) is 0 Å². The Balaban J connectivity index is 2.19. The molecule has 0 atom stereocenters. The summed E-state index contributed by atoms with van der Waals surface area (Å²) in [5, 5.41) is 9.09. The number of aliphatic hydroxyl groups is 1. The van der Waals surface area contributed by atoms with Gasteiger partial charge in [-0.2, -0.15) is 4.31 Å². The molecular formula is C15H22FNO3S. The van der Waals surface area contributed by atoms with Crippen molar-refractivity contribution < 1.29 is 17.9 Å². The molecule has 0 unspecified atom stereocenters. The van der Waals surface area contributed by atoms with Gasteiger partial charge in [-0.25, -0.2) is 12.8 Å². The van der Waals surface area contributed by atoms with E-state index < -0.39 is 15.8 Å². The zero-order chi connectivity index (χ0) is 15.5. The number of piperidine rings is 1. The van der Waals surface area contributed by atoms with Gasteiger partial charge in [0.1, 0.15) is 10.7 Å². The lowest BCUT2D eigenvalue weighted by atomic mass is 9.94. The van der Waals surface area contributed by atoms with Gasteiger partial charge in [0, 0.05) is 13.1 Å². The van der Waals surface area contributed by atoms with Crippen molar-refractivity contribution in [2.45, 2.75) is 44.1 Å². The Hall–Kier alpha value is -0.980. The first kappa shape index (κ1) is 16.4. The van der Waals surface area contributed by atoms with E-state index in [2.05, 4.69) is 6.92 Å². The van der Waals surface area contributed by atoms with E-state index in [1.807, 2.05) is 0 Å². The lowest BCUT2D eigenvalue weighted by Crippen LogP contribution is -2.38. The number of sulfonamides is 1. The average molecular weight is 315 g/mol. The summed E-state index contributed by atoms with van der Waals surface area (Å²) in [5.74, 6) is -0.196. The predicted octanol–water partition coefficient (Wildman–Crippen LogP) is 2.52. The fraction of sp³-hybridized carbons (Fsp3) is 0.600. The number of benzene rings is 1. The summed E-state index contributed by atoms with van der Waals surface area (Å²) >= 11 is 0. The highest BCUT2D eigenvalue weighted by Gasteiger charge is 2.31. The normalized spacial score (nSPS) is 18.0. The third-order valence-electron chi connectivity index (χ3n) is 4.07. The van der Waals surface area contributed by atoms with E-state index in [1.54, 1.807) is 0 Å². The van der Waals surface area contributed by atoms with E-state index in [4.69, 9.17) is 5.11 Å². The molecule has 6 heteroatoms. The van der Waals surface area contributed by atoms with Gasteiger partial charge in [-0.05, 0) is 36.5 Å². The maximum absolute atomic E-state index is 13.9. The number of aliphatic hydroxyl groups excluding tert-OH is 1. The van der Waals surface area contributed by atoms with Crippen LogP contribution < -0.4 is 0 Å². The summed E-state index contributed by atoms with van der Waals surface area (Å²) in [5.41, 5.74) is 0.399. The molecule has 2 rings (SSSR count). The van der Waals surface area contributed by atoms with Gasteiger partial charge in [0.2, 0.25) is 10.0 Å². The highest BCUT2D eigenvalue weighted by molar-refractivity contribution is 7.89. The highest BCUT2D eigenvalue weighted by Crippen LogP contribution is 2.27. The first-order valence-corrected chi connectivity index (χ1v) is 8.82. The zero-order valence-electron chi connectivity index (χ0n) is 12.3. The highest BCUT2D eigenvalue weighted by atomic mass is 32.2. The largest absolute Gasteiger partial charge is 0.392 e. The Morgan fingerprint density at radius 3 is 2.57 bits per heavy atom. The Bertz CT molecular complexity index is 581. The molecule has 1 heterocycles. The smallest absolute Gasteiger partial charge is 0.245 e. The molecule has 1 aliphatic rings. The van der Waals surface area contributed by atoms with Crippen LogP contribution in [0.5, 0.6) is 0 Å². The molecule has 0 radical (unpaired) electrons. The van der Waals surface area contributed by atoms with Gasteiger partial charge in [0.05, 0.1) is 6.61 Å². The number of nitrogens with zero attached hydrogens (tertiary/aromatic N) is 1. The van der Waals surface area contributed by atoms with E-state index >= 15 is 0 Å². The van der Waals surface area contributed by atoms with E-state index in [-0.39, 0.29) is 11.5 Å². The summed E-state index contributed by atoms with van der Waals surface area (Å²) < 4.78 is 40.3. The number of rotatable bonds is 5. The second kappa shape index (κ2) is 6.85. The van der Waals surface area contributed by atoms with Crippen LogP contribution in [-0.2, 0) is 16.6 Å². The van der Waals surface area contributed by atoms with E-state index in [0.717, 1.165) is 31.7 Å². The van der Waals surface area contributed by atoms with Crippen LogP contribution in [0.15, 0.2) is 23.1 Å². The summed E-state index contributed by atoms with van der Waals surface area (Å²) in [7, 11) is -3.82. The Labute approximate surface area is 125 Å². The van der Waals surface area contributed by atoms with Gasteiger partial charge >= 0.3 is 0 Å². The van der Waals surface area contributed by atoms with Crippen molar-refractivity contribution in [2.24, 2.45) is 5.92 Å². The van der Waals surface area contributed by atoms with E-state index in [0.29, 0.717) is 24.6 Å². The maximum atomic E-state index is 13.9. The van der Waals surface area contributed by atoms with Crippen molar-refractivity contribution in [1.29, 1.82) is 0 Å². The molecule has 0 aliphatic carbocycles. The van der Waals surface area contributed by atoms with E-state index in [9.17, 15) is 12.8 Å². The van der Waals surface area contributed by atoms with Gasteiger partial charge in [-0.15, -0.1) is 0 Å². The second-order valence-corrected chi connectivity index (χ2v) is 7.47. The van der Waals surface area contributed by atoms with Gasteiger partial charge in [0.25, 0.3) is 0 Å². The number of hydrogen-bond acceptors (Lipinski definition) is 3. The fourth-order valence-electron chi connectivity index (χ4n) is 2.83. The molecule has 4 nitrogen and oxygen atoms in total. The first-order valence-electron chi connectivity index (χ1n) is 7.38. The van der Waals surface area contributed by atoms with Crippen LogP contribution in [0.1, 0.15) is 38.2 Å². The van der Waals surface area contributed by atoms with Crippen molar-refractivity contribution >= 4 is 10.0 Å². The third kappa shape index (κ3) is 3.62. The molecule has 21 heavy (non-hydrogen) atoms. The van der Waals surface area contributed by atoms with Crippen LogP contribution in [0.4, 0.5) is 4.39 Å². The van der Waals surface area contributed by atoms with Gasteiger partial charge in [-0.1, -0.05) is 25.8 Å². The molecular weight excluding hydrogens is 293 g/mol. The maximum Gasteiger partial charge on any atom is 0.245 e. The average Bonchev–Trinajstić information content (AvgIpc) is 2.48. The summed E-state index contributed by atoms with van der Waals surface area (Å²) in [6, 6.07) is 3.72. The molecule has 0 amide bonds. The lowest BCUT2D eigenvalue weighted by Gasteiger charge is -2.31. The lowest BCUT2D eigenvalue weighted by molar-refractivity contribution is 0.261. The van der Waals surface area contributed by atoms with Crippen LogP contribution in [0.25, 0.3) is 0 Å². The van der Waals surface area contributed by atoms with Crippen LogP contribution in [0, 0.1) is 11.7 Å². The minimum Gasteiger partial charge on any atom is -0.392 e. The molecule has 1 aromatic carbocycles. The van der Waals surface area contributed by atoms with Crippen molar-refractivity contribution in [3.05, 3.63) is 29.6 Å². The minimum atomic E-state index is -3.82. The molecule has 1 aromatic rings. The summed E-state index contributed by atoms with van der Waals surface area (Å²) in [6.45, 7) is 2.70. The predicted molar refractivity (Wildman–Crippen MR) is 78.7 cm³/mol. The molecule has 0 saturated carbocycles. The molecule has 1 fully saturated rings. The minimum absolute atomic E-state index is 0.304. The molecule has 0 bridgehead atoms. The number of hydrogen-bond donors (Lipinski definition) is 1. The van der Waals surface area contributed by atoms with Crippen LogP contribution in [0.2, 0.25) is 0 Å². The van der Waals surface area contributed by atoms with E-state index in [1.165, 1.54) is 16.4 Å². The Morgan fingerprint density at radius 1 is 1.33 bits per heavy atom. The van der Waals surface area contributed by atoms with Gasteiger partial charge in [-0.3, -0.25) is 0 Å². The molecule has 1 aliphatic heterocycles. The van der Waals surface area contributed by atoms with Gasteiger partial charge in [0.15, 0.2) is 0 Å². The molecule has 1 N–H and O–H groups in total. The van der Waals surface area contributed by atoms with Crippen molar-refractivity contribution in [3.63, 3.8) is 0 Å². The first-order chi connectivity index (χ1) is 9.98. The zero-order valence-corrected chi connectivity index (χ0v) is 13.1. The van der Waals surface area contributed by atoms with Crippen LogP contribution >= 0.6 is 0 Å². The molecule has 1 saturated heterocycles. The second-order valence-electron chi connectivity index (χ2n) is 5.56. The standard InChI is InChI=1S/C15H22FNO3S/c1-2-3-12-6-8-17(9-7-12)21(19,20)15-10-13(11-18)4-5-14(15)16/h4-5,10,12,18H,2-3,6-9,11H2,1H3. The quantitative estimate of drug-likeness (QED) is 0.908. The number of halogens is 1. The summed E-state index contributed by atoms with van der Waals surface area (Å²) in [4.78, 5) is -0.331.